The van der Waals surface area contributed by atoms with Crippen LogP contribution in [0, 0.1) is 10.1 Å². The van der Waals surface area contributed by atoms with E-state index in [1.54, 1.807) is 4.90 Å². The molecular weight excluding hydrogens is 336 g/mol. The van der Waals surface area contributed by atoms with E-state index in [1.807, 2.05) is 6.92 Å². The zero-order chi connectivity index (χ0) is 14.4. The number of hydrogen-bond acceptors (Lipinski definition) is 3. The Kier molecular flexibility index (Phi) is 6.24. The molecule has 0 aliphatic carbocycles. The molecule has 1 aromatic rings. The van der Waals surface area contributed by atoms with Gasteiger partial charge in [0.05, 0.1) is 9.95 Å². The van der Waals surface area contributed by atoms with Crippen molar-refractivity contribution in [3.8, 4) is 0 Å². The number of nitrogens with zero attached hydrogens (tertiary/aromatic N) is 2. The summed E-state index contributed by atoms with van der Waals surface area (Å²) in [7, 11) is 0. The van der Waals surface area contributed by atoms with Crippen molar-refractivity contribution in [2.45, 2.75) is 13.3 Å². The first-order valence-corrected chi connectivity index (χ1v) is 7.31. The third kappa shape index (κ3) is 3.91. The summed E-state index contributed by atoms with van der Waals surface area (Å²) in [5.74, 6) is -0.404. The van der Waals surface area contributed by atoms with Crippen LogP contribution < -0.4 is 0 Å². The van der Waals surface area contributed by atoms with Crippen molar-refractivity contribution in [3.63, 3.8) is 0 Å². The lowest BCUT2D eigenvalue weighted by atomic mass is 10.1. The van der Waals surface area contributed by atoms with Crippen molar-refractivity contribution >= 4 is 39.1 Å². The minimum absolute atomic E-state index is 0.0384. The molecule has 0 bridgehead atoms. The van der Waals surface area contributed by atoms with Crippen LogP contribution in [0.2, 0.25) is 5.02 Å². The summed E-state index contributed by atoms with van der Waals surface area (Å²) in [4.78, 5) is 24.3. The van der Waals surface area contributed by atoms with Crippen molar-refractivity contribution in [2.24, 2.45) is 0 Å². The van der Waals surface area contributed by atoms with Gasteiger partial charge < -0.3 is 4.90 Å². The molecule has 0 atom stereocenters. The zero-order valence-corrected chi connectivity index (χ0v) is 12.8. The van der Waals surface area contributed by atoms with E-state index in [-0.39, 0.29) is 16.3 Å². The predicted molar refractivity (Wildman–Crippen MR) is 78.1 cm³/mol. The van der Waals surface area contributed by atoms with Gasteiger partial charge in [-0.15, -0.1) is 0 Å². The summed E-state index contributed by atoms with van der Waals surface area (Å²) >= 11 is 9.22. The number of amides is 1. The van der Waals surface area contributed by atoms with E-state index >= 15 is 0 Å². The van der Waals surface area contributed by atoms with E-state index in [4.69, 9.17) is 11.6 Å². The number of alkyl halides is 1. The van der Waals surface area contributed by atoms with E-state index in [0.29, 0.717) is 18.4 Å². The van der Waals surface area contributed by atoms with Crippen LogP contribution in [0.25, 0.3) is 0 Å². The lowest BCUT2D eigenvalue weighted by Gasteiger charge is -2.21. The molecule has 0 aliphatic rings. The number of halogens is 2. The minimum atomic E-state index is -0.586. The van der Waals surface area contributed by atoms with Gasteiger partial charge in [-0.05, 0) is 12.5 Å². The average molecular weight is 350 g/mol. The Morgan fingerprint density at radius 2 is 2.16 bits per heavy atom. The minimum Gasteiger partial charge on any atom is -0.338 e. The standard InChI is InChI=1S/C12H14BrClN2O3/c1-2-7-15(8-6-13)12(17)11-9(14)4-3-5-10(11)16(18)19/h3-5H,2,6-8H2,1H3. The molecule has 0 saturated heterocycles. The molecule has 0 N–H and O–H groups in total. The Bertz CT molecular complexity index is 476. The van der Waals surface area contributed by atoms with Gasteiger partial charge in [-0.3, -0.25) is 14.9 Å². The van der Waals surface area contributed by atoms with E-state index in [0.717, 1.165) is 6.42 Å². The average Bonchev–Trinajstić information content (AvgIpc) is 2.37. The van der Waals surface area contributed by atoms with E-state index < -0.39 is 10.8 Å². The van der Waals surface area contributed by atoms with E-state index in [9.17, 15) is 14.9 Å². The fourth-order valence-corrected chi connectivity index (χ4v) is 2.40. The van der Waals surface area contributed by atoms with Crippen molar-refractivity contribution in [1.29, 1.82) is 0 Å². The van der Waals surface area contributed by atoms with Crippen LogP contribution in [0.1, 0.15) is 23.7 Å². The molecule has 0 heterocycles. The first kappa shape index (κ1) is 15.9. The Balaban J connectivity index is 3.19. The summed E-state index contributed by atoms with van der Waals surface area (Å²) in [5.41, 5.74) is -0.295. The predicted octanol–water partition coefficient (Wildman–Crippen LogP) is 3.50. The molecule has 7 heteroatoms. The Morgan fingerprint density at radius 1 is 1.47 bits per heavy atom. The second kappa shape index (κ2) is 7.45. The number of nitro benzene ring substituents is 1. The number of rotatable bonds is 6. The summed E-state index contributed by atoms with van der Waals surface area (Å²) in [6, 6.07) is 4.24. The highest BCUT2D eigenvalue weighted by Crippen LogP contribution is 2.27. The van der Waals surface area contributed by atoms with Crippen molar-refractivity contribution in [1.82, 2.24) is 4.90 Å². The van der Waals surface area contributed by atoms with Gasteiger partial charge in [-0.1, -0.05) is 40.5 Å². The molecule has 1 aromatic carbocycles. The van der Waals surface area contributed by atoms with Gasteiger partial charge in [0.1, 0.15) is 5.56 Å². The maximum Gasteiger partial charge on any atom is 0.283 e. The second-order valence-electron chi connectivity index (χ2n) is 3.87. The number of carbonyl (C=O) groups excluding carboxylic acids is 1. The van der Waals surface area contributed by atoms with Crippen LogP contribution in [0.4, 0.5) is 5.69 Å². The summed E-state index contributed by atoms with van der Waals surface area (Å²) < 4.78 is 0. The molecule has 0 aromatic heterocycles. The first-order valence-electron chi connectivity index (χ1n) is 5.81. The van der Waals surface area contributed by atoms with Gasteiger partial charge in [-0.2, -0.15) is 0 Å². The normalized spacial score (nSPS) is 10.3. The number of carbonyl (C=O) groups is 1. The smallest absolute Gasteiger partial charge is 0.283 e. The number of benzene rings is 1. The first-order chi connectivity index (χ1) is 9.02. The molecule has 0 spiro atoms. The van der Waals surface area contributed by atoms with Crippen molar-refractivity contribution < 1.29 is 9.72 Å². The molecule has 19 heavy (non-hydrogen) atoms. The van der Waals surface area contributed by atoms with Crippen molar-refractivity contribution in [2.75, 3.05) is 18.4 Å². The van der Waals surface area contributed by atoms with Gasteiger partial charge in [0.25, 0.3) is 11.6 Å². The fourth-order valence-electron chi connectivity index (χ4n) is 1.72. The second-order valence-corrected chi connectivity index (χ2v) is 5.07. The van der Waals surface area contributed by atoms with Gasteiger partial charge in [0.2, 0.25) is 0 Å². The lowest BCUT2D eigenvalue weighted by molar-refractivity contribution is -0.385. The molecule has 5 nitrogen and oxygen atoms in total. The molecular formula is C12H14BrClN2O3. The molecule has 0 unspecified atom stereocenters. The molecule has 0 saturated carbocycles. The Labute approximate surface area is 124 Å². The van der Waals surface area contributed by atoms with Crippen LogP contribution in [-0.2, 0) is 0 Å². The molecule has 0 aliphatic heterocycles. The zero-order valence-electron chi connectivity index (χ0n) is 10.4. The molecule has 1 rings (SSSR count). The third-order valence-corrected chi connectivity index (χ3v) is 3.21. The highest BCUT2D eigenvalue weighted by atomic mass is 79.9. The van der Waals surface area contributed by atoms with Crippen LogP contribution in [-0.4, -0.2) is 34.2 Å². The largest absolute Gasteiger partial charge is 0.338 e. The van der Waals surface area contributed by atoms with E-state index in [1.165, 1.54) is 18.2 Å². The van der Waals surface area contributed by atoms with Crippen LogP contribution in [0.3, 0.4) is 0 Å². The van der Waals surface area contributed by atoms with Crippen LogP contribution >= 0.6 is 27.5 Å². The maximum atomic E-state index is 12.4. The molecule has 0 radical (unpaired) electrons. The summed E-state index contributed by atoms with van der Waals surface area (Å²) in [6.07, 6.45) is 0.775. The monoisotopic (exact) mass is 348 g/mol. The highest BCUT2D eigenvalue weighted by molar-refractivity contribution is 9.09. The highest BCUT2D eigenvalue weighted by Gasteiger charge is 2.26. The molecule has 0 fully saturated rings. The third-order valence-electron chi connectivity index (χ3n) is 2.54. The van der Waals surface area contributed by atoms with Gasteiger partial charge in [0, 0.05) is 24.5 Å². The quantitative estimate of drug-likeness (QED) is 0.448. The van der Waals surface area contributed by atoms with Gasteiger partial charge in [-0.25, -0.2) is 0 Å². The maximum absolute atomic E-state index is 12.4. The number of hydrogen-bond donors (Lipinski definition) is 0. The lowest BCUT2D eigenvalue weighted by Crippen LogP contribution is -2.34. The Morgan fingerprint density at radius 3 is 2.68 bits per heavy atom. The van der Waals surface area contributed by atoms with Crippen LogP contribution in [0.5, 0.6) is 0 Å². The van der Waals surface area contributed by atoms with Gasteiger partial charge in [0.15, 0.2) is 0 Å². The summed E-state index contributed by atoms with van der Waals surface area (Å²) in [6.45, 7) is 2.96. The summed E-state index contributed by atoms with van der Waals surface area (Å²) in [5, 5.41) is 11.7. The fraction of sp³-hybridized carbons (Fsp3) is 0.417. The molecule has 104 valence electrons. The topological polar surface area (TPSA) is 63.5 Å². The van der Waals surface area contributed by atoms with Crippen LogP contribution in [0.15, 0.2) is 18.2 Å². The SMILES string of the molecule is CCCN(CCBr)C(=O)c1c(Cl)cccc1[N+](=O)[O-]. The van der Waals surface area contributed by atoms with E-state index in [2.05, 4.69) is 15.9 Å². The molecule has 1 amide bonds. The van der Waals surface area contributed by atoms with Crippen molar-refractivity contribution in [3.05, 3.63) is 38.9 Å². The Hall–Kier alpha value is -1.14. The number of nitro groups is 1. The van der Waals surface area contributed by atoms with Gasteiger partial charge >= 0.3 is 0 Å².